The smallest absolute Gasteiger partial charge is 0.339 e. The van der Waals surface area contributed by atoms with Crippen molar-refractivity contribution < 1.29 is 28.2 Å². The van der Waals surface area contributed by atoms with E-state index in [0.717, 1.165) is 41.4 Å². The van der Waals surface area contributed by atoms with E-state index in [1.807, 2.05) is 31.2 Å². The van der Waals surface area contributed by atoms with E-state index in [9.17, 15) is 28.2 Å². The summed E-state index contributed by atoms with van der Waals surface area (Å²) in [5.74, 6) is -1.84. The first-order valence-corrected chi connectivity index (χ1v) is 14.2. The highest BCUT2D eigenvalue weighted by molar-refractivity contribution is 7.89. The van der Waals surface area contributed by atoms with Gasteiger partial charge in [-0.15, -0.1) is 0 Å². The summed E-state index contributed by atoms with van der Waals surface area (Å²) in [6, 6.07) is 18.2. The van der Waals surface area contributed by atoms with Gasteiger partial charge in [-0.25, -0.2) is 13.2 Å². The molecule has 1 aliphatic heterocycles. The van der Waals surface area contributed by atoms with E-state index in [1.165, 1.54) is 47.8 Å². The number of carboxylic acid groups (broad SMARTS) is 1. The molecule has 1 saturated heterocycles. The summed E-state index contributed by atoms with van der Waals surface area (Å²) >= 11 is 0. The van der Waals surface area contributed by atoms with Gasteiger partial charge >= 0.3 is 5.97 Å². The molecule has 3 aromatic rings. The largest absolute Gasteiger partial charge is 0.507 e. The maximum absolute atomic E-state index is 13.5. The van der Waals surface area contributed by atoms with Gasteiger partial charge < -0.3 is 20.4 Å². The van der Waals surface area contributed by atoms with Gasteiger partial charge in [-0.3, -0.25) is 4.79 Å². The van der Waals surface area contributed by atoms with Crippen molar-refractivity contribution >= 4 is 27.6 Å². The number of likely N-dealkylation sites (N-methyl/N-ethyl adjacent to an activating group) is 1. The average Bonchev–Trinajstić information content (AvgIpc) is 2.92. The van der Waals surface area contributed by atoms with Crippen molar-refractivity contribution in [3.05, 3.63) is 89.0 Å². The highest BCUT2D eigenvalue weighted by Gasteiger charge is 2.27. The third-order valence-corrected chi connectivity index (χ3v) is 8.86. The van der Waals surface area contributed by atoms with Crippen molar-refractivity contribution in [3.8, 4) is 5.75 Å². The molecule has 0 saturated carbocycles. The summed E-state index contributed by atoms with van der Waals surface area (Å²) in [5, 5.41) is 22.9. The molecular formula is C29H33N3O6S. The molecule has 0 unspecified atom stereocenters. The van der Waals surface area contributed by atoms with Crippen LogP contribution in [0.15, 0.2) is 71.6 Å². The lowest BCUT2D eigenvalue weighted by Gasteiger charge is -2.27. The van der Waals surface area contributed by atoms with Gasteiger partial charge in [-0.2, -0.15) is 4.31 Å². The normalized spacial score (nSPS) is 14.3. The molecule has 0 radical (unpaired) electrons. The molecule has 9 nitrogen and oxygen atoms in total. The van der Waals surface area contributed by atoms with Gasteiger partial charge in [0.15, 0.2) is 0 Å². The number of carbonyl (C=O) groups is 2. The van der Waals surface area contributed by atoms with E-state index in [1.54, 1.807) is 12.1 Å². The number of rotatable bonds is 9. The molecule has 1 heterocycles. The van der Waals surface area contributed by atoms with Crippen LogP contribution in [0.1, 0.15) is 45.8 Å². The number of hydrogen-bond donors (Lipinski definition) is 3. The minimum absolute atomic E-state index is 0.0758. The molecule has 1 aliphatic rings. The number of aryl methyl sites for hydroxylation is 1. The van der Waals surface area contributed by atoms with Gasteiger partial charge in [0.25, 0.3) is 0 Å². The van der Waals surface area contributed by atoms with Crippen molar-refractivity contribution in [1.29, 1.82) is 0 Å². The molecule has 10 heteroatoms. The fourth-order valence-corrected chi connectivity index (χ4v) is 5.80. The van der Waals surface area contributed by atoms with Crippen molar-refractivity contribution in [1.82, 2.24) is 9.62 Å². The van der Waals surface area contributed by atoms with Crippen LogP contribution >= 0.6 is 0 Å². The maximum atomic E-state index is 13.5. The van der Waals surface area contributed by atoms with E-state index in [2.05, 4.69) is 5.32 Å². The number of hydrogen-bond acceptors (Lipinski definition) is 6. The quantitative estimate of drug-likeness (QED) is 0.370. The molecular weight excluding hydrogens is 518 g/mol. The molecule has 0 aliphatic carbocycles. The molecule has 0 aromatic heterocycles. The van der Waals surface area contributed by atoms with Gasteiger partial charge in [0.1, 0.15) is 11.3 Å². The molecule has 39 heavy (non-hydrogen) atoms. The monoisotopic (exact) mass is 551 g/mol. The van der Waals surface area contributed by atoms with Crippen LogP contribution in [-0.4, -0.2) is 61.5 Å². The molecule has 1 amide bonds. The second kappa shape index (κ2) is 12.0. The summed E-state index contributed by atoms with van der Waals surface area (Å²) in [6.07, 6.45) is 2.11. The Morgan fingerprint density at radius 1 is 0.974 bits per heavy atom. The summed E-state index contributed by atoms with van der Waals surface area (Å²) in [7, 11) is -2.59. The topological polar surface area (TPSA) is 127 Å². The fourth-order valence-electron chi connectivity index (χ4n) is 4.68. The minimum atomic E-state index is -3.93. The van der Waals surface area contributed by atoms with Crippen molar-refractivity contribution in [2.24, 2.45) is 0 Å². The number of carbonyl (C=O) groups excluding carboxylic acids is 1. The number of amides is 1. The summed E-state index contributed by atoms with van der Waals surface area (Å²) in [5.41, 5.74) is 2.91. The standard InChI is InChI=1S/C29H33N3O6S/c1-20-3-10-25(11-4-20)39(37,38)31(2)19-28(34)32(24-9-12-26(29(35)36)27(33)17-24)18-21-5-7-22(8-6-21)23-13-15-30-16-14-23/h3-12,17,23,30,33H,13-16,18-19H2,1-2H3,(H,35,36). The van der Waals surface area contributed by atoms with Gasteiger partial charge in [0.2, 0.25) is 15.9 Å². The van der Waals surface area contributed by atoms with Crippen molar-refractivity contribution in [2.75, 3.05) is 31.6 Å². The molecule has 1 fully saturated rings. The van der Waals surface area contributed by atoms with Crippen molar-refractivity contribution in [3.63, 3.8) is 0 Å². The minimum Gasteiger partial charge on any atom is -0.507 e. The first-order chi connectivity index (χ1) is 18.6. The van der Waals surface area contributed by atoms with E-state index in [-0.39, 0.29) is 22.7 Å². The van der Waals surface area contributed by atoms with Gasteiger partial charge in [0.05, 0.1) is 18.0 Å². The highest BCUT2D eigenvalue weighted by atomic mass is 32.2. The second-order valence-electron chi connectivity index (χ2n) is 9.83. The molecule has 0 bridgehead atoms. The number of piperidine rings is 1. The van der Waals surface area contributed by atoms with E-state index >= 15 is 0 Å². The zero-order valence-electron chi connectivity index (χ0n) is 22.0. The molecule has 3 aromatic carbocycles. The Balaban J connectivity index is 1.60. The number of sulfonamides is 1. The predicted octanol–water partition coefficient (Wildman–Crippen LogP) is 3.72. The number of carboxylic acids is 1. The predicted molar refractivity (Wildman–Crippen MR) is 149 cm³/mol. The van der Waals surface area contributed by atoms with Gasteiger partial charge in [-0.05, 0) is 74.2 Å². The van der Waals surface area contributed by atoms with Crippen LogP contribution in [0.25, 0.3) is 0 Å². The van der Waals surface area contributed by atoms with E-state index in [0.29, 0.717) is 5.92 Å². The maximum Gasteiger partial charge on any atom is 0.339 e. The lowest BCUT2D eigenvalue weighted by Crippen LogP contribution is -2.41. The van der Waals surface area contributed by atoms with E-state index in [4.69, 9.17) is 0 Å². The zero-order valence-corrected chi connectivity index (χ0v) is 22.8. The number of anilines is 1. The van der Waals surface area contributed by atoms with Crippen molar-refractivity contribution in [2.45, 2.75) is 37.1 Å². The number of benzene rings is 3. The fraction of sp³-hybridized carbons (Fsp3) is 0.310. The first kappa shape index (κ1) is 28.3. The highest BCUT2D eigenvalue weighted by Crippen LogP contribution is 2.29. The molecule has 0 spiro atoms. The molecule has 206 valence electrons. The lowest BCUT2D eigenvalue weighted by molar-refractivity contribution is -0.118. The van der Waals surface area contributed by atoms with Crippen LogP contribution in [0.2, 0.25) is 0 Å². The Kier molecular flexibility index (Phi) is 8.69. The third-order valence-electron chi connectivity index (χ3n) is 7.04. The number of aromatic carboxylic acids is 1. The molecule has 0 atom stereocenters. The lowest BCUT2D eigenvalue weighted by atomic mass is 9.90. The SMILES string of the molecule is Cc1ccc(S(=O)(=O)N(C)CC(=O)N(Cc2ccc(C3CCNCC3)cc2)c2ccc(C(=O)O)c(O)c2)cc1. The first-order valence-electron chi connectivity index (χ1n) is 12.8. The summed E-state index contributed by atoms with van der Waals surface area (Å²) < 4.78 is 27.2. The van der Waals surface area contributed by atoms with Crippen LogP contribution in [-0.2, 0) is 21.4 Å². The summed E-state index contributed by atoms with van der Waals surface area (Å²) in [4.78, 5) is 26.4. The summed E-state index contributed by atoms with van der Waals surface area (Å²) in [6.45, 7) is 3.46. The number of phenols is 1. The Bertz CT molecular complexity index is 1430. The van der Waals surface area contributed by atoms with Crippen LogP contribution in [0.3, 0.4) is 0 Å². The number of nitrogens with one attached hydrogen (secondary N) is 1. The van der Waals surface area contributed by atoms with E-state index < -0.39 is 34.2 Å². The zero-order chi connectivity index (χ0) is 28.2. The van der Waals surface area contributed by atoms with Crippen LogP contribution in [0.5, 0.6) is 5.75 Å². The Morgan fingerprint density at radius 3 is 2.21 bits per heavy atom. The number of nitrogens with zero attached hydrogens (tertiary/aromatic N) is 2. The van der Waals surface area contributed by atoms with Crippen LogP contribution in [0.4, 0.5) is 5.69 Å². The molecule has 3 N–H and O–H groups in total. The van der Waals surface area contributed by atoms with Gasteiger partial charge in [-0.1, -0.05) is 42.0 Å². The van der Waals surface area contributed by atoms with Gasteiger partial charge in [0, 0.05) is 18.8 Å². The third kappa shape index (κ3) is 6.65. The Morgan fingerprint density at radius 2 is 1.62 bits per heavy atom. The number of aromatic hydroxyl groups is 1. The average molecular weight is 552 g/mol. The van der Waals surface area contributed by atoms with Crippen LogP contribution < -0.4 is 10.2 Å². The Labute approximate surface area is 228 Å². The molecule has 4 rings (SSSR count). The second-order valence-corrected chi connectivity index (χ2v) is 11.9. The Hall–Kier alpha value is -3.73. The van der Waals surface area contributed by atoms with Crippen LogP contribution in [0, 0.1) is 6.92 Å².